The average molecular weight is 301 g/mol. The van der Waals surface area contributed by atoms with E-state index >= 15 is 0 Å². The molecule has 0 aliphatic carbocycles. The van der Waals surface area contributed by atoms with E-state index in [1.165, 1.54) is 12.5 Å². The van der Waals surface area contributed by atoms with E-state index in [1.54, 1.807) is 4.90 Å². The third kappa shape index (κ3) is 2.94. The number of ether oxygens (including phenoxy) is 1. The number of anilines is 1. The molecule has 0 spiro atoms. The Bertz CT molecular complexity index is 641. The van der Waals surface area contributed by atoms with Gasteiger partial charge in [-0.1, -0.05) is 6.07 Å². The zero-order chi connectivity index (χ0) is 15.5. The fraction of sp³-hybridized carbons (Fsp3) is 0.400. The number of carbonyl (C=O) groups excluding carboxylic acids is 1. The fourth-order valence-electron chi connectivity index (χ4n) is 2.42. The van der Waals surface area contributed by atoms with Crippen molar-refractivity contribution in [2.45, 2.75) is 6.10 Å². The number of hydrogen-bond donors (Lipinski definition) is 1. The van der Waals surface area contributed by atoms with Gasteiger partial charge in [0.2, 0.25) is 0 Å². The Kier molecular flexibility index (Phi) is 4.06. The molecule has 3 rings (SSSR count). The van der Waals surface area contributed by atoms with Crippen molar-refractivity contribution in [3.8, 4) is 0 Å². The molecule has 1 atom stereocenters. The lowest BCUT2D eigenvalue weighted by atomic mass is 10.1. The average Bonchev–Trinajstić information content (AvgIpc) is 3.09. The van der Waals surface area contributed by atoms with E-state index in [2.05, 4.69) is 15.0 Å². The second-order valence-corrected chi connectivity index (χ2v) is 5.39. The van der Waals surface area contributed by atoms with Gasteiger partial charge < -0.3 is 19.5 Å². The van der Waals surface area contributed by atoms with Gasteiger partial charge in [0.25, 0.3) is 5.91 Å². The zero-order valence-electron chi connectivity index (χ0n) is 12.7. The van der Waals surface area contributed by atoms with E-state index in [-0.39, 0.29) is 12.0 Å². The van der Waals surface area contributed by atoms with Crippen molar-refractivity contribution in [2.24, 2.45) is 0 Å². The van der Waals surface area contributed by atoms with Crippen LogP contribution < -0.4 is 4.90 Å². The van der Waals surface area contributed by atoms with Gasteiger partial charge in [-0.3, -0.25) is 4.79 Å². The molecule has 7 heteroatoms. The Morgan fingerprint density at radius 1 is 1.45 bits per heavy atom. The fourth-order valence-corrected chi connectivity index (χ4v) is 2.42. The molecule has 1 saturated heterocycles. The van der Waals surface area contributed by atoms with Crippen molar-refractivity contribution in [1.29, 1.82) is 0 Å². The molecule has 0 bridgehead atoms. The minimum absolute atomic E-state index is 0.0606. The van der Waals surface area contributed by atoms with Crippen LogP contribution in [0.5, 0.6) is 0 Å². The first-order valence-electron chi connectivity index (χ1n) is 7.18. The largest absolute Gasteiger partial charge is 0.368 e. The summed E-state index contributed by atoms with van der Waals surface area (Å²) in [5, 5.41) is 0. The molecule has 7 nitrogen and oxygen atoms in total. The predicted octanol–water partition coefficient (Wildman–Crippen LogP) is 1.08. The molecule has 116 valence electrons. The molecule has 0 radical (unpaired) electrons. The highest BCUT2D eigenvalue weighted by Crippen LogP contribution is 2.23. The van der Waals surface area contributed by atoms with Crippen molar-refractivity contribution in [3.05, 3.63) is 42.1 Å². The molecule has 0 saturated carbocycles. The van der Waals surface area contributed by atoms with Crippen molar-refractivity contribution in [1.82, 2.24) is 19.9 Å². The number of nitrogens with zero attached hydrogens (tertiary/aromatic N) is 4. The van der Waals surface area contributed by atoms with Crippen LogP contribution in [0.25, 0.3) is 0 Å². The van der Waals surface area contributed by atoms with Crippen LogP contribution in [-0.4, -0.2) is 59.6 Å². The van der Waals surface area contributed by atoms with Crippen LogP contribution in [0.1, 0.15) is 22.3 Å². The molecule has 22 heavy (non-hydrogen) atoms. The van der Waals surface area contributed by atoms with E-state index < -0.39 is 0 Å². The molecule has 1 aliphatic rings. The Hall–Kier alpha value is -2.41. The van der Waals surface area contributed by atoms with Gasteiger partial charge in [0.15, 0.2) is 0 Å². The zero-order valence-corrected chi connectivity index (χ0v) is 12.7. The summed E-state index contributed by atoms with van der Waals surface area (Å²) >= 11 is 0. The summed E-state index contributed by atoms with van der Waals surface area (Å²) in [5.74, 6) is 0.813. The van der Waals surface area contributed by atoms with Crippen molar-refractivity contribution >= 4 is 11.7 Å². The maximum absolute atomic E-state index is 12.4. The van der Waals surface area contributed by atoms with Crippen LogP contribution in [0.3, 0.4) is 0 Å². The third-order valence-electron chi connectivity index (χ3n) is 3.63. The van der Waals surface area contributed by atoms with Crippen molar-refractivity contribution < 1.29 is 9.53 Å². The van der Waals surface area contributed by atoms with Gasteiger partial charge in [0.05, 0.1) is 31.4 Å². The topological polar surface area (TPSA) is 74.3 Å². The SMILES string of the molecule is CN(C)c1cccc(C2CN(C(=O)c3cnc[nH]3)CCO2)n1. The minimum atomic E-state index is -0.208. The van der Waals surface area contributed by atoms with Gasteiger partial charge in [-0.05, 0) is 12.1 Å². The van der Waals surface area contributed by atoms with E-state index in [0.717, 1.165) is 11.5 Å². The maximum Gasteiger partial charge on any atom is 0.272 e. The summed E-state index contributed by atoms with van der Waals surface area (Å²) in [6, 6.07) is 5.83. The number of pyridine rings is 1. The van der Waals surface area contributed by atoms with Gasteiger partial charge in [0, 0.05) is 20.6 Å². The van der Waals surface area contributed by atoms with E-state index in [0.29, 0.717) is 25.4 Å². The summed E-state index contributed by atoms with van der Waals surface area (Å²) in [6.07, 6.45) is 2.84. The molecular formula is C15H19N5O2. The number of hydrogen-bond acceptors (Lipinski definition) is 5. The molecule has 1 N–H and O–H groups in total. The highest BCUT2D eigenvalue weighted by molar-refractivity contribution is 5.92. The first-order valence-corrected chi connectivity index (χ1v) is 7.18. The van der Waals surface area contributed by atoms with Crippen LogP contribution in [0.2, 0.25) is 0 Å². The Morgan fingerprint density at radius 3 is 3.05 bits per heavy atom. The number of aromatic nitrogens is 3. The number of imidazole rings is 1. The molecule has 1 unspecified atom stereocenters. The normalized spacial score (nSPS) is 18.3. The lowest BCUT2D eigenvalue weighted by molar-refractivity contribution is -0.0248. The Balaban J connectivity index is 1.75. The minimum Gasteiger partial charge on any atom is -0.368 e. The second kappa shape index (κ2) is 6.15. The summed E-state index contributed by atoms with van der Waals surface area (Å²) in [6.45, 7) is 1.56. The smallest absolute Gasteiger partial charge is 0.272 e. The number of rotatable bonds is 3. The Morgan fingerprint density at radius 2 is 2.32 bits per heavy atom. The number of amides is 1. The molecule has 1 amide bonds. The standard InChI is InChI=1S/C15H19N5O2/c1-19(2)14-5-3-4-11(18-14)13-9-20(6-7-22-13)15(21)12-8-16-10-17-12/h3-5,8,10,13H,6-7,9H2,1-2H3,(H,16,17). The molecule has 2 aromatic heterocycles. The summed E-state index contributed by atoms with van der Waals surface area (Å²) in [5.41, 5.74) is 1.34. The summed E-state index contributed by atoms with van der Waals surface area (Å²) in [4.78, 5) is 27.4. The lowest BCUT2D eigenvalue weighted by Crippen LogP contribution is -2.42. The molecule has 0 aromatic carbocycles. The monoisotopic (exact) mass is 301 g/mol. The van der Waals surface area contributed by atoms with Gasteiger partial charge in [-0.2, -0.15) is 0 Å². The number of carbonyl (C=O) groups is 1. The van der Waals surface area contributed by atoms with Gasteiger partial charge in [-0.15, -0.1) is 0 Å². The number of morpholine rings is 1. The van der Waals surface area contributed by atoms with Crippen LogP contribution in [0, 0.1) is 0 Å². The summed E-state index contributed by atoms with van der Waals surface area (Å²) < 4.78 is 5.80. The third-order valence-corrected chi connectivity index (χ3v) is 3.63. The van der Waals surface area contributed by atoms with Crippen LogP contribution in [0.15, 0.2) is 30.7 Å². The number of nitrogens with one attached hydrogen (secondary N) is 1. The van der Waals surface area contributed by atoms with Crippen LogP contribution in [0.4, 0.5) is 5.82 Å². The van der Waals surface area contributed by atoms with Crippen LogP contribution >= 0.6 is 0 Å². The molecule has 1 aliphatic heterocycles. The molecule has 1 fully saturated rings. The number of H-pyrrole nitrogens is 1. The highest BCUT2D eigenvalue weighted by atomic mass is 16.5. The Labute approximate surface area is 128 Å². The maximum atomic E-state index is 12.4. The quantitative estimate of drug-likeness (QED) is 0.918. The lowest BCUT2D eigenvalue weighted by Gasteiger charge is -2.32. The molecule has 2 aromatic rings. The van der Waals surface area contributed by atoms with Crippen molar-refractivity contribution in [3.63, 3.8) is 0 Å². The highest BCUT2D eigenvalue weighted by Gasteiger charge is 2.27. The first kappa shape index (κ1) is 14.5. The predicted molar refractivity (Wildman–Crippen MR) is 81.7 cm³/mol. The van der Waals surface area contributed by atoms with Gasteiger partial charge in [0.1, 0.15) is 17.6 Å². The molecular weight excluding hydrogens is 282 g/mol. The van der Waals surface area contributed by atoms with Gasteiger partial charge >= 0.3 is 0 Å². The summed E-state index contributed by atoms with van der Waals surface area (Å²) in [7, 11) is 3.89. The van der Waals surface area contributed by atoms with Gasteiger partial charge in [-0.25, -0.2) is 9.97 Å². The van der Waals surface area contributed by atoms with Crippen LogP contribution in [-0.2, 0) is 4.74 Å². The number of aromatic amines is 1. The van der Waals surface area contributed by atoms with E-state index in [9.17, 15) is 4.79 Å². The first-order chi connectivity index (χ1) is 10.6. The van der Waals surface area contributed by atoms with E-state index in [4.69, 9.17) is 4.74 Å². The molecule has 3 heterocycles. The van der Waals surface area contributed by atoms with E-state index in [1.807, 2.05) is 37.2 Å². The van der Waals surface area contributed by atoms with Crippen molar-refractivity contribution in [2.75, 3.05) is 38.7 Å². The second-order valence-electron chi connectivity index (χ2n) is 5.39.